The van der Waals surface area contributed by atoms with Crippen LogP contribution in [0.4, 0.5) is 13.2 Å². The van der Waals surface area contributed by atoms with Gasteiger partial charge in [0.05, 0.1) is 6.61 Å². The number of hydrogen-bond donors (Lipinski definition) is 1. The van der Waals surface area contributed by atoms with Crippen LogP contribution in [0.15, 0.2) is 12.1 Å². The molecule has 1 aromatic carbocycles. The molecule has 0 bridgehead atoms. The first-order valence-electron chi connectivity index (χ1n) is 4.02. The van der Waals surface area contributed by atoms with Gasteiger partial charge in [0.1, 0.15) is 0 Å². The maximum atomic E-state index is 12.8. The Kier molecular flexibility index (Phi) is 3.49. The minimum Gasteiger partial charge on any atom is -0.304 e. The van der Waals surface area contributed by atoms with E-state index in [9.17, 15) is 13.2 Å². The number of rotatable bonds is 3. The van der Waals surface area contributed by atoms with Crippen LogP contribution in [0.1, 0.15) is 18.4 Å². The third-order valence-electron chi connectivity index (χ3n) is 1.92. The fourth-order valence-electron chi connectivity index (χ4n) is 1.10. The van der Waals surface area contributed by atoms with Crippen molar-refractivity contribution in [1.82, 2.24) is 0 Å². The predicted octanol–water partition coefficient (Wildman–Crippen LogP) is 2.10. The van der Waals surface area contributed by atoms with Gasteiger partial charge in [-0.15, -0.1) is 0 Å². The molecule has 0 saturated carbocycles. The molecule has 0 fully saturated rings. The summed E-state index contributed by atoms with van der Waals surface area (Å²) in [7, 11) is 0. The lowest BCUT2D eigenvalue weighted by atomic mass is 10.0. The van der Waals surface area contributed by atoms with E-state index in [0.717, 1.165) is 12.1 Å². The fourth-order valence-corrected chi connectivity index (χ4v) is 1.10. The van der Waals surface area contributed by atoms with E-state index >= 15 is 0 Å². The van der Waals surface area contributed by atoms with Gasteiger partial charge in [-0.2, -0.15) is 0 Å². The third kappa shape index (κ3) is 2.24. The van der Waals surface area contributed by atoms with Crippen molar-refractivity contribution in [3.8, 4) is 0 Å². The van der Waals surface area contributed by atoms with Crippen LogP contribution in [-0.2, 0) is 4.84 Å². The lowest BCUT2D eigenvalue weighted by Gasteiger charge is -2.10. The van der Waals surface area contributed by atoms with Gasteiger partial charge >= 0.3 is 0 Å². The molecule has 0 spiro atoms. The SMILES string of the molecule is CC(CON)c1cc(F)c(F)c(F)c1. The van der Waals surface area contributed by atoms with Crippen LogP contribution < -0.4 is 5.90 Å². The highest BCUT2D eigenvalue weighted by Gasteiger charge is 2.14. The van der Waals surface area contributed by atoms with E-state index in [4.69, 9.17) is 5.90 Å². The predicted molar refractivity (Wildman–Crippen MR) is 44.9 cm³/mol. The summed E-state index contributed by atoms with van der Waals surface area (Å²) in [5, 5.41) is 0. The Morgan fingerprint density at radius 1 is 1.29 bits per heavy atom. The Hall–Kier alpha value is -1.07. The summed E-state index contributed by atoms with van der Waals surface area (Å²) < 4.78 is 38.1. The molecule has 1 atom stereocenters. The zero-order chi connectivity index (χ0) is 10.7. The number of hydrogen-bond acceptors (Lipinski definition) is 2. The summed E-state index contributed by atoms with van der Waals surface area (Å²) in [6.07, 6.45) is 0. The largest absolute Gasteiger partial charge is 0.304 e. The molecule has 5 heteroatoms. The minimum atomic E-state index is -1.46. The molecule has 1 rings (SSSR count). The summed E-state index contributed by atoms with van der Waals surface area (Å²) in [6, 6.07) is 1.87. The first kappa shape index (κ1) is 11.0. The van der Waals surface area contributed by atoms with Crippen LogP contribution in [0.2, 0.25) is 0 Å². The quantitative estimate of drug-likeness (QED) is 0.605. The highest BCUT2D eigenvalue weighted by Crippen LogP contribution is 2.20. The number of benzene rings is 1. The molecular weight excluding hydrogens is 195 g/mol. The second-order valence-electron chi connectivity index (χ2n) is 3.03. The summed E-state index contributed by atoms with van der Waals surface area (Å²) in [5.74, 6) is 0.651. The molecule has 0 aliphatic rings. The molecule has 14 heavy (non-hydrogen) atoms. The number of halogens is 3. The average Bonchev–Trinajstić information content (AvgIpc) is 2.13. The van der Waals surface area contributed by atoms with E-state index in [-0.39, 0.29) is 12.5 Å². The van der Waals surface area contributed by atoms with Crippen molar-refractivity contribution in [2.24, 2.45) is 5.90 Å². The molecular formula is C9H10F3NO. The van der Waals surface area contributed by atoms with Crippen LogP contribution in [0.3, 0.4) is 0 Å². The molecule has 1 aromatic rings. The maximum absolute atomic E-state index is 12.8. The van der Waals surface area contributed by atoms with Crippen molar-refractivity contribution in [2.75, 3.05) is 6.61 Å². The molecule has 2 nitrogen and oxygen atoms in total. The van der Waals surface area contributed by atoms with E-state index in [2.05, 4.69) is 4.84 Å². The van der Waals surface area contributed by atoms with Crippen LogP contribution in [0, 0.1) is 17.5 Å². The Labute approximate surface area is 79.4 Å². The molecule has 0 aliphatic heterocycles. The summed E-state index contributed by atoms with van der Waals surface area (Å²) in [5.41, 5.74) is 0.312. The summed E-state index contributed by atoms with van der Waals surface area (Å²) >= 11 is 0. The topological polar surface area (TPSA) is 35.2 Å². The zero-order valence-corrected chi connectivity index (χ0v) is 7.56. The van der Waals surface area contributed by atoms with Gasteiger partial charge in [0.25, 0.3) is 0 Å². The van der Waals surface area contributed by atoms with Gasteiger partial charge in [0, 0.05) is 5.92 Å². The van der Waals surface area contributed by atoms with E-state index in [1.807, 2.05) is 0 Å². The second-order valence-corrected chi connectivity index (χ2v) is 3.03. The monoisotopic (exact) mass is 205 g/mol. The normalized spacial score (nSPS) is 12.9. The molecule has 0 aliphatic carbocycles. The van der Waals surface area contributed by atoms with Crippen molar-refractivity contribution >= 4 is 0 Å². The van der Waals surface area contributed by atoms with E-state index < -0.39 is 17.5 Å². The Morgan fingerprint density at radius 2 is 1.79 bits per heavy atom. The van der Waals surface area contributed by atoms with Crippen LogP contribution >= 0.6 is 0 Å². The second kappa shape index (κ2) is 4.43. The van der Waals surface area contributed by atoms with Gasteiger partial charge in [-0.05, 0) is 17.7 Å². The highest BCUT2D eigenvalue weighted by atomic mass is 19.2. The van der Waals surface area contributed by atoms with Crippen LogP contribution in [0.5, 0.6) is 0 Å². The average molecular weight is 205 g/mol. The summed E-state index contributed by atoms with van der Waals surface area (Å²) in [4.78, 5) is 4.33. The number of nitrogens with two attached hydrogens (primary N) is 1. The standard InChI is InChI=1S/C9H10F3NO/c1-5(4-14-13)6-2-7(10)9(12)8(11)3-6/h2-3,5H,4,13H2,1H3. The Balaban J connectivity index is 3.00. The molecule has 2 N–H and O–H groups in total. The van der Waals surface area contributed by atoms with Gasteiger partial charge < -0.3 is 4.84 Å². The van der Waals surface area contributed by atoms with Crippen LogP contribution in [-0.4, -0.2) is 6.61 Å². The smallest absolute Gasteiger partial charge is 0.194 e. The molecule has 0 aromatic heterocycles. The summed E-state index contributed by atoms with van der Waals surface area (Å²) in [6.45, 7) is 1.78. The zero-order valence-electron chi connectivity index (χ0n) is 7.56. The van der Waals surface area contributed by atoms with Crippen molar-refractivity contribution < 1.29 is 18.0 Å². The first-order chi connectivity index (χ1) is 6.56. The first-order valence-corrected chi connectivity index (χ1v) is 4.02. The minimum absolute atomic E-state index is 0.116. The van der Waals surface area contributed by atoms with Crippen molar-refractivity contribution in [3.05, 3.63) is 35.1 Å². The van der Waals surface area contributed by atoms with E-state index in [1.165, 1.54) is 0 Å². The maximum Gasteiger partial charge on any atom is 0.194 e. The van der Waals surface area contributed by atoms with Gasteiger partial charge in [0.15, 0.2) is 17.5 Å². The Morgan fingerprint density at radius 3 is 2.21 bits per heavy atom. The highest BCUT2D eigenvalue weighted by molar-refractivity contribution is 5.22. The Bertz CT molecular complexity index is 307. The molecule has 0 saturated heterocycles. The van der Waals surface area contributed by atoms with Gasteiger partial charge in [-0.25, -0.2) is 19.1 Å². The molecule has 1 unspecified atom stereocenters. The van der Waals surface area contributed by atoms with Crippen LogP contribution in [0.25, 0.3) is 0 Å². The lowest BCUT2D eigenvalue weighted by molar-refractivity contribution is 0.126. The molecule has 0 amide bonds. The van der Waals surface area contributed by atoms with Gasteiger partial charge in [0.2, 0.25) is 0 Å². The molecule has 0 radical (unpaired) electrons. The van der Waals surface area contributed by atoms with E-state index in [0.29, 0.717) is 5.56 Å². The van der Waals surface area contributed by atoms with Gasteiger partial charge in [-0.1, -0.05) is 6.92 Å². The van der Waals surface area contributed by atoms with Crippen molar-refractivity contribution in [3.63, 3.8) is 0 Å². The molecule has 0 heterocycles. The molecule has 78 valence electrons. The fraction of sp³-hybridized carbons (Fsp3) is 0.333. The van der Waals surface area contributed by atoms with Crippen molar-refractivity contribution in [1.29, 1.82) is 0 Å². The van der Waals surface area contributed by atoms with Crippen molar-refractivity contribution in [2.45, 2.75) is 12.8 Å². The third-order valence-corrected chi connectivity index (χ3v) is 1.92. The van der Waals surface area contributed by atoms with E-state index in [1.54, 1.807) is 6.92 Å². The lowest BCUT2D eigenvalue weighted by Crippen LogP contribution is -2.09. The van der Waals surface area contributed by atoms with Gasteiger partial charge in [-0.3, -0.25) is 0 Å².